The van der Waals surface area contributed by atoms with Crippen LogP contribution in [0.15, 0.2) is 48.7 Å². The number of anilines is 1. The number of nitrogens with one attached hydrogen (secondary N) is 1. The predicted octanol–water partition coefficient (Wildman–Crippen LogP) is 2.07. The fourth-order valence-corrected chi connectivity index (χ4v) is 1.52. The maximum atomic E-state index is 11.3. The van der Waals surface area contributed by atoms with E-state index in [-0.39, 0.29) is 12.5 Å². The van der Waals surface area contributed by atoms with E-state index in [1.807, 2.05) is 36.4 Å². The second kappa shape index (κ2) is 7.07. The zero-order chi connectivity index (χ0) is 14.2. The fraction of sp³-hybridized carbons (Fsp3) is 0.125. The molecule has 2 rings (SSSR count). The van der Waals surface area contributed by atoms with Crippen LogP contribution in [0.4, 0.5) is 5.82 Å². The van der Waals surface area contributed by atoms with Crippen LogP contribution in [0.3, 0.4) is 0 Å². The number of pyridine rings is 1. The zero-order valence-corrected chi connectivity index (χ0v) is 11.1. The number of carbonyl (C=O) groups excluding carboxylic acids is 1. The molecule has 4 nitrogen and oxygen atoms in total. The van der Waals surface area contributed by atoms with Gasteiger partial charge in [0.05, 0.1) is 0 Å². The molecule has 1 heterocycles. The van der Waals surface area contributed by atoms with Gasteiger partial charge in [0.15, 0.2) is 0 Å². The van der Waals surface area contributed by atoms with Crippen molar-refractivity contribution in [2.75, 3.05) is 19.0 Å². The number of aromatic nitrogens is 1. The van der Waals surface area contributed by atoms with Crippen LogP contribution >= 0.6 is 0 Å². The number of hydrogen-bond acceptors (Lipinski definition) is 3. The van der Waals surface area contributed by atoms with Crippen molar-refractivity contribution in [2.24, 2.45) is 0 Å². The number of amides is 1. The van der Waals surface area contributed by atoms with E-state index in [1.165, 1.54) is 7.11 Å². The number of ether oxygens (including phenoxy) is 1. The summed E-state index contributed by atoms with van der Waals surface area (Å²) in [5, 5.41) is 2.62. The summed E-state index contributed by atoms with van der Waals surface area (Å²) in [5.74, 6) is 6.31. The van der Waals surface area contributed by atoms with E-state index in [0.717, 1.165) is 11.1 Å². The largest absolute Gasteiger partial charge is 0.375 e. The first kappa shape index (κ1) is 13.8. The molecule has 0 bridgehead atoms. The Hall–Kier alpha value is -2.64. The van der Waals surface area contributed by atoms with Gasteiger partial charge >= 0.3 is 0 Å². The van der Waals surface area contributed by atoms with Gasteiger partial charge in [-0.15, -0.1) is 0 Å². The minimum atomic E-state index is -0.233. The Balaban J connectivity index is 2.02. The second-order valence-corrected chi connectivity index (χ2v) is 4.03. The van der Waals surface area contributed by atoms with Crippen LogP contribution in [-0.2, 0) is 9.53 Å². The summed E-state index contributed by atoms with van der Waals surface area (Å²) >= 11 is 0. The van der Waals surface area contributed by atoms with E-state index < -0.39 is 0 Å². The van der Waals surface area contributed by atoms with Gasteiger partial charge in [0.2, 0.25) is 0 Å². The molecule has 0 aliphatic carbocycles. The molecule has 0 saturated carbocycles. The predicted molar refractivity (Wildman–Crippen MR) is 77.2 cm³/mol. The summed E-state index contributed by atoms with van der Waals surface area (Å²) in [4.78, 5) is 15.4. The molecule has 4 heteroatoms. The van der Waals surface area contributed by atoms with Crippen LogP contribution in [0.25, 0.3) is 0 Å². The van der Waals surface area contributed by atoms with Crippen molar-refractivity contribution in [1.82, 2.24) is 4.98 Å². The Morgan fingerprint density at radius 3 is 2.55 bits per heavy atom. The van der Waals surface area contributed by atoms with E-state index >= 15 is 0 Å². The first-order valence-electron chi connectivity index (χ1n) is 6.10. The lowest BCUT2D eigenvalue weighted by atomic mass is 10.2. The number of hydrogen-bond donors (Lipinski definition) is 1. The van der Waals surface area contributed by atoms with Crippen LogP contribution in [0.2, 0.25) is 0 Å². The number of nitrogens with zero attached hydrogens (tertiary/aromatic N) is 1. The second-order valence-electron chi connectivity index (χ2n) is 4.03. The number of benzene rings is 1. The third-order valence-corrected chi connectivity index (χ3v) is 2.43. The highest BCUT2D eigenvalue weighted by Crippen LogP contribution is 2.04. The normalized spacial score (nSPS) is 9.45. The molecule has 0 aliphatic heterocycles. The lowest BCUT2D eigenvalue weighted by Crippen LogP contribution is -2.17. The molecule has 1 aromatic carbocycles. The van der Waals surface area contributed by atoms with Crippen LogP contribution < -0.4 is 5.32 Å². The van der Waals surface area contributed by atoms with Gasteiger partial charge in [0.1, 0.15) is 12.4 Å². The number of rotatable bonds is 3. The third-order valence-electron chi connectivity index (χ3n) is 2.43. The monoisotopic (exact) mass is 266 g/mol. The van der Waals surface area contributed by atoms with Gasteiger partial charge in [0, 0.05) is 24.4 Å². The van der Waals surface area contributed by atoms with Gasteiger partial charge in [-0.05, 0) is 24.3 Å². The van der Waals surface area contributed by atoms with Crippen molar-refractivity contribution in [3.63, 3.8) is 0 Å². The highest BCUT2D eigenvalue weighted by molar-refractivity contribution is 5.90. The van der Waals surface area contributed by atoms with Gasteiger partial charge in [-0.1, -0.05) is 30.0 Å². The molecule has 1 N–H and O–H groups in total. The molecule has 0 fully saturated rings. The molecule has 0 spiro atoms. The minimum absolute atomic E-state index is 0.0112. The molecule has 1 aromatic heterocycles. The molecular weight excluding hydrogens is 252 g/mol. The van der Waals surface area contributed by atoms with Crippen molar-refractivity contribution in [3.8, 4) is 11.8 Å². The van der Waals surface area contributed by atoms with E-state index in [9.17, 15) is 4.79 Å². The summed E-state index contributed by atoms with van der Waals surface area (Å²) in [6.45, 7) is 0.0112. The SMILES string of the molecule is COCC(=O)Nc1ccc(C#Cc2ccccc2)cn1. The summed E-state index contributed by atoms with van der Waals surface area (Å²) < 4.78 is 4.72. The average molecular weight is 266 g/mol. The smallest absolute Gasteiger partial charge is 0.251 e. The van der Waals surface area contributed by atoms with Gasteiger partial charge < -0.3 is 10.1 Å². The molecule has 100 valence electrons. The van der Waals surface area contributed by atoms with Crippen LogP contribution in [-0.4, -0.2) is 24.6 Å². The maximum absolute atomic E-state index is 11.3. The molecule has 20 heavy (non-hydrogen) atoms. The average Bonchev–Trinajstić information content (AvgIpc) is 2.48. The summed E-state index contributed by atoms with van der Waals surface area (Å²) in [7, 11) is 1.47. The topological polar surface area (TPSA) is 51.2 Å². The molecule has 0 atom stereocenters. The zero-order valence-electron chi connectivity index (χ0n) is 11.1. The van der Waals surface area contributed by atoms with Crippen LogP contribution in [0.1, 0.15) is 11.1 Å². The fourth-order valence-electron chi connectivity index (χ4n) is 1.52. The molecule has 2 aromatic rings. The standard InChI is InChI=1S/C16H14N2O2/c1-20-12-16(19)18-15-10-9-14(11-17-15)8-7-13-5-3-2-4-6-13/h2-6,9-11H,12H2,1H3,(H,17,18,19). The van der Waals surface area contributed by atoms with E-state index in [4.69, 9.17) is 4.74 Å². The highest BCUT2D eigenvalue weighted by Gasteiger charge is 2.01. The lowest BCUT2D eigenvalue weighted by Gasteiger charge is -2.02. The summed E-state index contributed by atoms with van der Waals surface area (Å²) in [5.41, 5.74) is 1.74. The quantitative estimate of drug-likeness (QED) is 0.865. The Bertz CT molecular complexity index is 625. The van der Waals surface area contributed by atoms with Crippen molar-refractivity contribution >= 4 is 11.7 Å². The van der Waals surface area contributed by atoms with E-state index in [0.29, 0.717) is 5.82 Å². The van der Waals surface area contributed by atoms with Crippen molar-refractivity contribution in [1.29, 1.82) is 0 Å². The highest BCUT2D eigenvalue weighted by atomic mass is 16.5. The third kappa shape index (κ3) is 4.23. The van der Waals surface area contributed by atoms with E-state index in [2.05, 4.69) is 22.1 Å². The first-order valence-corrected chi connectivity index (χ1v) is 6.10. The molecule has 0 aliphatic rings. The number of methoxy groups -OCH3 is 1. The maximum Gasteiger partial charge on any atom is 0.251 e. The minimum Gasteiger partial charge on any atom is -0.375 e. The Morgan fingerprint density at radius 1 is 1.15 bits per heavy atom. The van der Waals surface area contributed by atoms with Crippen molar-refractivity contribution < 1.29 is 9.53 Å². The summed E-state index contributed by atoms with van der Waals surface area (Å²) in [6, 6.07) is 13.2. The first-order chi connectivity index (χ1) is 9.78. The summed E-state index contributed by atoms with van der Waals surface area (Å²) in [6.07, 6.45) is 1.62. The van der Waals surface area contributed by atoms with Gasteiger partial charge in [-0.3, -0.25) is 4.79 Å². The van der Waals surface area contributed by atoms with Crippen LogP contribution in [0.5, 0.6) is 0 Å². The molecule has 0 saturated heterocycles. The Kier molecular flexibility index (Phi) is 4.87. The molecule has 0 radical (unpaired) electrons. The van der Waals surface area contributed by atoms with Gasteiger partial charge in [-0.2, -0.15) is 0 Å². The Labute approximate surface area is 117 Å². The van der Waals surface area contributed by atoms with Crippen LogP contribution in [0, 0.1) is 11.8 Å². The van der Waals surface area contributed by atoms with Gasteiger partial charge in [-0.25, -0.2) is 4.98 Å². The van der Waals surface area contributed by atoms with Crippen molar-refractivity contribution in [2.45, 2.75) is 0 Å². The Morgan fingerprint density at radius 2 is 1.90 bits per heavy atom. The molecule has 1 amide bonds. The van der Waals surface area contributed by atoms with E-state index in [1.54, 1.807) is 12.3 Å². The lowest BCUT2D eigenvalue weighted by molar-refractivity contribution is -0.119. The van der Waals surface area contributed by atoms with Crippen molar-refractivity contribution in [3.05, 3.63) is 59.8 Å². The van der Waals surface area contributed by atoms with Gasteiger partial charge in [0.25, 0.3) is 5.91 Å². The molecule has 0 unspecified atom stereocenters. The number of carbonyl (C=O) groups is 1. The molecular formula is C16H14N2O2.